The fourth-order valence-corrected chi connectivity index (χ4v) is 2.18. The van der Waals surface area contributed by atoms with E-state index < -0.39 is 0 Å². The Balaban J connectivity index is 2.71. The van der Waals surface area contributed by atoms with Crippen LogP contribution < -0.4 is 15.5 Å². The van der Waals surface area contributed by atoms with Crippen molar-refractivity contribution in [2.75, 3.05) is 25.0 Å². The number of aryl methyl sites for hydroxylation is 1. The number of anilines is 1. The SMILES string of the molecule is CCNC(=O)CN(C)c1ccc(CNC(C)(C)C)cc1C. The topological polar surface area (TPSA) is 44.4 Å². The second-order valence-electron chi connectivity index (χ2n) is 6.53. The molecule has 21 heavy (non-hydrogen) atoms. The Morgan fingerprint density at radius 1 is 1.29 bits per heavy atom. The van der Waals surface area contributed by atoms with Crippen LogP contribution in [0.5, 0.6) is 0 Å². The monoisotopic (exact) mass is 291 g/mol. The molecule has 0 atom stereocenters. The van der Waals surface area contributed by atoms with Gasteiger partial charge in [-0.1, -0.05) is 12.1 Å². The summed E-state index contributed by atoms with van der Waals surface area (Å²) in [4.78, 5) is 13.6. The minimum Gasteiger partial charge on any atom is -0.365 e. The Kier molecular flexibility index (Phi) is 6.21. The zero-order valence-corrected chi connectivity index (χ0v) is 14.2. The molecule has 0 unspecified atom stereocenters. The molecule has 2 N–H and O–H groups in total. The summed E-state index contributed by atoms with van der Waals surface area (Å²) in [6.07, 6.45) is 0. The van der Waals surface area contributed by atoms with Crippen LogP contribution in [0.1, 0.15) is 38.8 Å². The highest BCUT2D eigenvalue weighted by atomic mass is 16.2. The summed E-state index contributed by atoms with van der Waals surface area (Å²) in [5.74, 6) is 0.0536. The Labute approximate surface area is 128 Å². The van der Waals surface area contributed by atoms with Crippen molar-refractivity contribution in [1.82, 2.24) is 10.6 Å². The van der Waals surface area contributed by atoms with E-state index in [1.54, 1.807) is 0 Å². The molecule has 0 fully saturated rings. The molecular formula is C17H29N3O. The van der Waals surface area contributed by atoms with Gasteiger partial charge in [0.1, 0.15) is 0 Å². The highest BCUT2D eigenvalue weighted by Gasteiger charge is 2.11. The fourth-order valence-electron chi connectivity index (χ4n) is 2.18. The highest BCUT2D eigenvalue weighted by Crippen LogP contribution is 2.20. The van der Waals surface area contributed by atoms with Crippen molar-refractivity contribution < 1.29 is 4.79 Å². The lowest BCUT2D eigenvalue weighted by Gasteiger charge is -2.23. The zero-order valence-electron chi connectivity index (χ0n) is 14.2. The molecule has 4 heteroatoms. The molecule has 0 saturated heterocycles. The molecule has 1 rings (SSSR count). The summed E-state index contributed by atoms with van der Waals surface area (Å²) in [5.41, 5.74) is 3.66. The van der Waals surface area contributed by atoms with Crippen molar-refractivity contribution in [3.05, 3.63) is 29.3 Å². The Morgan fingerprint density at radius 2 is 1.95 bits per heavy atom. The summed E-state index contributed by atoms with van der Waals surface area (Å²) >= 11 is 0. The summed E-state index contributed by atoms with van der Waals surface area (Å²) < 4.78 is 0. The Morgan fingerprint density at radius 3 is 2.48 bits per heavy atom. The van der Waals surface area contributed by atoms with E-state index in [0.717, 1.165) is 12.2 Å². The van der Waals surface area contributed by atoms with E-state index in [0.29, 0.717) is 13.1 Å². The van der Waals surface area contributed by atoms with Crippen LogP contribution >= 0.6 is 0 Å². The molecule has 4 nitrogen and oxygen atoms in total. The number of carbonyl (C=O) groups excluding carboxylic acids is 1. The van der Waals surface area contributed by atoms with Crippen LogP contribution in [0.25, 0.3) is 0 Å². The first kappa shape index (κ1) is 17.5. The first-order valence-electron chi connectivity index (χ1n) is 7.55. The number of likely N-dealkylation sites (N-methyl/N-ethyl adjacent to an activating group) is 2. The summed E-state index contributed by atoms with van der Waals surface area (Å²) in [6.45, 7) is 12.4. The summed E-state index contributed by atoms with van der Waals surface area (Å²) in [5, 5.41) is 6.31. The van der Waals surface area contributed by atoms with Gasteiger partial charge in [0.15, 0.2) is 0 Å². The van der Waals surface area contributed by atoms with E-state index in [9.17, 15) is 4.79 Å². The number of hydrogen-bond donors (Lipinski definition) is 2. The smallest absolute Gasteiger partial charge is 0.239 e. The van der Waals surface area contributed by atoms with E-state index >= 15 is 0 Å². The quantitative estimate of drug-likeness (QED) is 0.846. The van der Waals surface area contributed by atoms with Gasteiger partial charge in [-0.25, -0.2) is 0 Å². The van der Waals surface area contributed by atoms with Gasteiger partial charge >= 0.3 is 0 Å². The number of nitrogens with one attached hydrogen (secondary N) is 2. The number of amides is 1. The molecule has 0 bridgehead atoms. The Bertz CT molecular complexity index is 477. The van der Waals surface area contributed by atoms with Gasteiger partial charge in [-0.15, -0.1) is 0 Å². The van der Waals surface area contributed by atoms with Gasteiger partial charge in [0.2, 0.25) is 5.91 Å². The minimum absolute atomic E-state index is 0.0536. The molecule has 0 radical (unpaired) electrons. The maximum atomic E-state index is 11.7. The average molecular weight is 291 g/mol. The average Bonchev–Trinajstić information content (AvgIpc) is 2.35. The molecule has 0 spiro atoms. The first-order chi connectivity index (χ1) is 9.73. The van der Waals surface area contributed by atoms with E-state index in [4.69, 9.17) is 0 Å². The zero-order chi connectivity index (χ0) is 16.0. The molecule has 0 aliphatic rings. The predicted octanol–water partition coefficient (Wildman–Crippen LogP) is 2.46. The van der Waals surface area contributed by atoms with E-state index in [-0.39, 0.29) is 11.4 Å². The van der Waals surface area contributed by atoms with Gasteiger partial charge in [-0.05, 0) is 51.8 Å². The molecule has 0 aliphatic carbocycles. The molecule has 0 saturated carbocycles. The van der Waals surface area contributed by atoms with Crippen LogP contribution in [-0.2, 0) is 11.3 Å². The van der Waals surface area contributed by atoms with E-state index in [1.165, 1.54) is 11.1 Å². The van der Waals surface area contributed by atoms with Crippen molar-refractivity contribution in [3.8, 4) is 0 Å². The standard InChI is InChI=1S/C17H29N3O/c1-7-18-16(21)12-20(6)15-9-8-14(10-13(15)2)11-19-17(3,4)5/h8-10,19H,7,11-12H2,1-6H3,(H,18,21). The van der Waals surface area contributed by atoms with Crippen molar-refractivity contribution in [1.29, 1.82) is 0 Å². The molecule has 0 heterocycles. The van der Waals surface area contributed by atoms with Crippen molar-refractivity contribution in [3.63, 3.8) is 0 Å². The van der Waals surface area contributed by atoms with Crippen molar-refractivity contribution in [2.45, 2.75) is 46.7 Å². The molecule has 1 aromatic rings. The van der Waals surface area contributed by atoms with Gasteiger partial charge in [-0.2, -0.15) is 0 Å². The lowest BCUT2D eigenvalue weighted by Crippen LogP contribution is -2.35. The molecule has 0 aliphatic heterocycles. The minimum atomic E-state index is 0.0536. The maximum Gasteiger partial charge on any atom is 0.239 e. The fraction of sp³-hybridized carbons (Fsp3) is 0.588. The van der Waals surface area contributed by atoms with Crippen LogP contribution in [0, 0.1) is 6.92 Å². The lowest BCUT2D eigenvalue weighted by molar-refractivity contribution is -0.119. The third-order valence-corrected chi connectivity index (χ3v) is 3.25. The molecule has 0 aromatic heterocycles. The van der Waals surface area contributed by atoms with E-state index in [1.807, 2.05) is 18.9 Å². The second-order valence-corrected chi connectivity index (χ2v) is 6.53. The van der Waals surface area contributed by atoms with Crippen molar-refractivity contribution in [2.24, 2.45) is 0 Å². The normalized spacial score (nSPS) is 11.3. The van der Waals surface area contributed by atoms with Crippen LogP contribution in [0.15, 0.2) is 18.2 Å². The summed E-state index contributed by atoms with van der Waals surface area (Å²) in [7, 11) is 1.95. The lowest BCUT2D eigenvalue weighted by atomic mass is 10.1. The van der Waals surface area contributed by atoms with Gasteiger partial charge in [0.05, 0.1) is 6.54 Å². The van der Waals surface area contributed by atoms with Crippen LogP contribution in [0.4, 0.5) is 5.69 Å². The van der Waals surface area contributed by atoms with Gasteiger partial charge < -0.3 is 15.5 Å². The van der Waals surface area contributed by atoms with Gasteiger partial charge in [-0.3, -0.25) is 4.79 Å². The van der Waals surface area contributed by atoms with Crippen LogP contribution in [0.3, 0.4) is 0 Å². The molecular weight excluding hydrogens is 262 g/mol. The second kappa shape index (κ2) is 7.46. The highest BCUT2D eigenvalue weighted by molar-refractivity contribution is 5.81. The molecule has 1 amide bonds. The number of carbonyl (C=O) groups is 1. The number of rotatable bonds is 6. The van der Waals surface area contributed by atoms with Gasteiger partial charge in [0.25, 0.3) is 0 Å². The molecule has 1 aromatic carbocycles. The Hall–Kier alpha value is -1.55. The largest absolute Gasteiger partial charge is 0.365 e. The van der Waals surface area contributed by atoms with Crippen molar-refractivity contribution >= 4 is 11.6 Å². The first-order valence-corrected chi connectivity index (χ1v) is 7.55. The molecule has 118 valence electrons. The van der Waals surface area contributed by atoms with Gasteiger partial charge in [0, 0.05) is 31.4 Å². The van der Waals surface area contributed by atoms with Crippen LogP contribution in [-0.4, -0.2) is 31.6 Å². The summed E-state index contributed by atoms with van der Waals surface area (Å²) in [6, 6.07) is 6.39. The third kappa shape index (κ3) is 6.17. The number of nitrogens with zero attached hydrogens (tertiary/aromatic N) is 1. The number of benzene rings is 1. The van der Waals surface area contributed by atoms with E-state index in [2.05, 4.69) is 56.5 Å². The predicted molar refractivity (Wildman–Crippen MR) is 89.7 cm³/mol. The maximum absolute atomic E-state index is 11.7. The number of hydrogen-bond acceptors (Lipinski definition) is 3. The third-order valence-electron chi connectivity index (χ3n) is 3.25. The van der Waals surface area contributed by atoms with Crippen LogP contribution in [0.2, 0.25) is 0 Å².